The van der Waals surface area contributed by atoms with E-state index < -0.39 is 10.2 Å². The van der Waals surface area contributed by atoms with E-state index in [-0.39, 0.29) is 0 Å². The van der Waals surface area contributed by atoms with E-state index in [0.29, 0.717) is 5.69 Å². The van der Waals surface area contributed by atoms with Gasteiger partial charge in [0.1, 0.15) is 0 Å². The van der Waals surface area contributed by atoms with Crippen LogP contribution in [0.5, 0.6) is 0 Å². The molecule has 0 heterocycles. The zero-order valence-electron chi connectivity index (χ0n) is 9.69. The average molecular weight is 243 g/mol. The fourth-order valence-electron chi connectivity index (χ4n) is 1.13. The van der Waals surface area contributed by atoms with Gasteiger partial charge in [0, 0.05) is 26.3 Å². The van der Waals surface area contributed by atoms with Crippen molar-refractivity contribution in [3.05, 3.63) is 29.8 Å². The second kappa shape index (κ2) is 5.29. The number of rotatable bonds is 5. The first-order valence-electron chi connectivity index (χ1n) is 4.89. The molecule has 1 aromatic carbocycles. The van der Waals surface area contributed by atoms with E-state index in [2.05, 4.69) is 10.0 Å². The van der Waals surface area contributed by atoms with E-state index in [9.17, 15) is 8.42 Å². The number of benzene rings is 1. The van der Waals surface area contributed by atoms with Gasteiger partial charge in [-0.05, 0) is 24.7 Å². The highest BCUT2D eigenvalue weighted by molar-refractivity contribution is 7.90. The van der Waals surface area contributed by atoms with Crippen molar-refractivity contribution in [2.75, 3.05) is 25.9 Å². The van der Waals surface area contributed by atoms with Crippen LogP contribution in [0.1, 0.15) is 5.56 Å². The molecule has 0 aliphatic carbocycles. The van der Waals surface area contributed by atoms with Crippen LogP contribution in [0.4, 0.5) is 5.69 Å². The Kier molecular flexibility index (Phi) is 4.28. The molecule has 16 heavy (non-hydrogen) atoms. The lowest BCUT2D eigenvalue weighted by atomic mass is 10.2. The van der Waals surface area contributed by atoms with Crippen LogP contribution in [0, 0.1) is 0 Å². The summed E-state index contributed by atoms with van der Waals surface area (Å²) in [5, 5.41) is 3.02. The summed E-state index contributed by atoms with van der Waals surface area (Å²) in [6.45, 7) is 0.765. The molecule has 0 fully saturated rings. The minimum Gasteiger partial charge on any atom is -0.316 e. The fraction of sp³-hybridized carbons (Fsp3) is 0.400. The van der Waals surface area contributed by atoms with E-state index >= 15 is 0 Å². The molecule has 0 aromatic heterocycles. The van der Waals surface area contributed by atoms with Crippen LogP contribution in [0.15, 0.2) is 24.3 Å². The standard InChI is InChI=1S/C10H17N3O2S/c1-11-8-9-4-6-10(7-5-9)12-16(14,15)13(2)3/h4-7,11-12H,8H2,1-3H3. The zero-order chi connectivity index (χ0) is 12.2. The summed E-state index contributed by atoms with van der Waals surface area (Å²) >= 11 is 0. The average Bonchev–Trinajstić information content (AvgIpc) is 2.21. The topological polar surface area (TPSA) is 61.4 Å². The molecule has 0 aliphatic rings. The van der Waals surface area contributed by atoms with Crippen molar-refractivity contribution in [3.8, 4) is 0 Å². The highest BCUT2D eigenvalue weighted by Crippen LogP contribution is 2.11. The van der Waals surface area contributed by atoms with Crippen molar-refractivity contribution < 1.29 is 8.42 Å². The van der Waals surface area contributed by atoms with Gasteiger partial charge >= 0.3 is 10.2 Å². The van der Waals surface area contributed by atoms with Crippen LogP contribution >= 0.6 is 0 Å². The normalized spacial score (nSPS) is 11.8. The first kappa shape index (κ1) is 13.0. The Bertz CT molecular complexity index is 426. The summed E-state index contributed by atoms with van der Waals surface area (Å²) in [7, 11) is 1.42. The van der Waals surface area contributed by atoms with Crippen LogP contribution < -0.4 is 10.0 Å². The second-order valence-electron chi connectivity index (χ2n) is 3.62. The third kappa shape index (κ3) is 3.48. The van der Waals surface area contributed by atoms with Gasteiger partial charge in [0.2, 0.25) is 0 Å². The molecular weight excluding hydrogens is 226 g/mol. The lowest BCUT2D eigenvalue weighted by Crippen LogP contribution is -2.28. The van der Waals surface area contributed by atoms with Crippen molar-refractivity contribution >= 4 is 15.9 Å². The predicted octanol–water partition coefficient (Wildman–Crippen LogP) is 0.624. The molecule has 0 aliphatic heterocycles. The maximum absolute atomic E-state index is 11.5. The number of hydrogen-bond donors (Lipinski definition) is 2. The van der Waals surface area contributed by atoms with Gasteiger partial charge in [-0.15, -0.1) is 0 Å². The van der Waals surface area contributed by atoms with Crippen LogP contribution in [-0.4, -0.2) is 33.9 Å². The molecule has 0 saturated heterocycles. The summed E-state index contributed by atoms with van der Waals surface area (Å²) in [5.74, 6) is 0. The summed E-state index contributed by atoms with van der Waals surface area (Å²) in [6, 6.07) is 7.25. The van der Waals surface area contributed by atoms with E-state index in [0.717, 1.165) is 16.4 Å². The van der Waals surface area contributed by atoms with Gasteiger partial charge in [0.05, 0.1) is 0 Å². The molecule has 0 bridgehead atoms. The molecule has 6 heteroatoms. The van der Waals surface area contributed by atoms with Crippen LogP contribution in [0.3, 0.4) is 0 Å². The molecule has 0 amide bonds. The van der Waals surface area contributed by atoms with Crippen molar-refractivity contribution in [3.63, 3.8) is 0 Å². The van der Waals surface area contributed by atoms with Crippen LogP contribution in [0.25, 0.3) is 0 Å². The van der Waals surface area contributed by atoms with Gasteiger partial charge in [-0.25, -0.2) is 0 Å². The van der Waals surface area contributed by atoms with Crippen molar-refractivity contribution in [1.82, 2.24) is 9.62 Å². The van der Waals surface area contributed by atoms with E-state index in [1.54, 1.807) is 12.1 Å². The highest BCUT2D eigenvalue weighted by Gasteiger charge is 2.12. The number of anilines is 1. The van der Waals surface area contributed by atoms with Crippen molar-refractivity contribution in [2.24, 2.45) is 0 Å². The van der Waals surface area contributed by atoms with Gasteiger partial charge in [0.25, 0.3) is 0 Å². The lowest BCUT2D eigenvalue weighted by Gasteiger charge is -2.13. The third-order valence-electron chi connectivity index (χ3n) is 2.06. The SMILES string of the molecule is CNCc1ccc(NS(=O)(=O)N(C)C)cc1. The third-order valence-corrected chi connectivity index (χ3v) is 3.52. The van der Waals surface area contributed by atoms with Crippen LogP contribution in [0.2, 0.25) is 0 Å². The second-order valence-corrected chi connectivity index (χ2v) is 5.50. The Morgan fingerprint density at radius 2 is 1.75 bits per heavy atom. The highest BCUT2D eigenvalue weighted by atomic mass is 32.2. The Morgan fingerprint density at radius 1 is 1.19 bits per heavy atom. The first-order chi connectivity index (χ1) is 7.45. The lowest BCUT2D eigenvalue weighted by molar-refractivity contribution is 0.527. The summed E-state index contributed by atoms with van der Waals surface area (Å²) < 4.78 is 26.6. The quantitative estimate of drug-likeness (QED) is 0.797. The largest absolute Gasteiger partial charge is 0.316 e. The number of nitrogens with one attached hydrogen (secondary N) is 2. The molecule has 5 nitrogen and oxygen atoms in total. The molecule has 90 valence electrons. The Balaban J connectivity index is 2.76. The molecule has 1 rings (SSSR count). The van der Waals surface area contributed by atoms with Crippen molar-refractivity contribution in [1.29, 1.82) is 0 Å². The Morgan fingerprint density at radius 3 is 2.19 bits per heavy atom. The fourth-order valence-corrected chi connectivity index (χ4v) is 1.75. The zero-order valence-corrected chi connectivity index (χ0v) is 10.5. The molecule has 0 atom stereocenters. The summed E-state index contributed by atoms with van der Waals surface area (Å²) in [6.07, 6.45) is 0. The molecule has 0 saturated carbocycles. The Hall–Kier alpha value is -1.11. The molecule has 2 N–H and O–H groups in total. The van der Waals surface area contributed by atoms with E-state index in [1.807, 2.05) is 19.2 Å². The van der Waals surface area contributed by atoms with Crippen LogP contribution in [-0.2, 0) is 16.8 Å². The van der Waals surface area contributed by atoms with E-state index in [1.165, 1.54) is 14.1 Å². The minimum atomic E-state index is -3.41. The molecule has 0 spiro atoms. The molecule has 0 radical (unpaired) electrons. The molecule has 0 unspecified atom stereocenters. The maximum atomic E-state index is 11.5. The predicted molar refractivity (Wildman–Crippen MR) is 65.4 cm³/mol. The van der Waals surface area contributed by atoms with Gasteiger partial charge in [-0.3, -0.25) is 4.72 Å². The van der Waals surface area contributed by atoms with Gasteiger partial charge < -0.3 is 5.32 Å². The minimum absolute atomic E-state index is 0.563. The van der Waals surface area contributed by atoms with Crippen molar-refractivity contribution in [2.45, 2.75) is 6.54 Å². The monoisotopic (exact) mass is 243 g/mol. The smallest absolute Gasteiger partial charge is 0.301 e. The first-order valence-corrected chi connectivity index (χ1v) is 6.33. The van der Waals surface area contributed by atoms with E-state index in [4.69, 9.17) is 0 Å². The van der Waals surface area contributed by atoms with Gasteiger partial charge in [-0.2, -0.15) is 12.7 Å². The van der Waals surface area contributed by atoms with Gasteiger partial charge in [-0.1, -0.05) is 12.1 Å². The Labute approximate surface area is 96.6 Å². The molecular formula is C10H17N3O2S. The maximum Gasteiger partial charge on any atom is 0.301 e. The number of nitrogens with zero attached hydrogens (tertiary/aromatic N) is 1. The summed E-state index contributed by atoms with van der Waals surface area (Å²) in [5.41, 5.74) is 1.67. The number of hydrogen-bond acceptors (Lipinski definition) is 3. The van der Waals surface area contributed by atoms with Gasteiger partial charge in [0.15, 0.2) is 0 Å². The summed E-state index contributed by atoms with van der Waals surface area (Å²) in [4.78, 5) is 0. The molecule has 1 aromatic rings.